The van der Waals surface area contributed by atoms with Crippen LogP contribution in [0.2, 0.25) is 5.15 Å². The number of carbonyl (C=O) groups is 1. The summed E-state index contributed by atoms with van der Waals surface area (Å²) in [6, 6.07) is 1.42. The molecule has 1 atom stereocenters. The molecule has 0 saturated heterocycles. The first-order chi connectivity index (χ1) is 7.04. The van der Waals surface area contributed by atoms with Gasteiger partial charge in [-0.3, -0.25) is 0 Å². The van der Waals surface area contributed by atoms with Gasteiger partial charge in [0.05, 0.1) is 19.0 Å². The van der Waals surface area contributed by atoms with E-state index in [0.717, 1.165) is 11.3 Å². The normalized spacial score (nSPS) is 12.0. The van der Waals surface area contributed by atoms with Crippen LogP contribution in [0.25, 0.3) is 0 Å². The van der Waals surface area contributed by atoms with Gasteiger partial charge in [0.1, 0.15) is 11.2 Å². The van der Waals surface area contributed by atoms with E-state index in [2.05, 4.69) is 15.0 Å². The molecule has 0 aromatic carbocycles. The van der Waals surface area contributed by atoms with Crippen LogP contribution < -0.4 is 5.32 Å². The SMILES string of the molecule is COC(=O)C(C)Nc1cnc(Cl)c(C)c1. The van der Waals surface area contributed by atoms with Crippen molar-refractivity contribution >= 4 is 23.3 Å². The molecule has 0 aliphatic heterocycles. The molecule has 1 heterocycles. The van der Waals surface area contributed by atoms with Gasteiger partial charge in [-0.1, -0.05) is 11.6 Å². The van der Waals surface area contributed by atoms with Crippen LogP contribution in [0.3, 0.4) is 0 Å². The largest absolute Gasteiger partial charge is 0.467 e. The number of rotatable bonds is 3. The highest BCUT2D eigenvalue weighted by molar-refractivity contribution is 6.30. The van der Waals surface area contributed by atoms with Crippen LogP contribution in [0.5, 0.6) is 0 Å². The summed E-state index contributed by atoms with van der Waals surface area (Å²) >= 11 is 5.78. The van der Waals surface area contributed by atoms with Crippen molar-refractivity contribution in [1.82, 2.24) is 4.98 Å². The minimum Gasteiger partial charge on any atom is -0.467 e. The fraction of sp³-hybridized carbons (Fsp3) is 0.400. The maximum absolute atomic E-state index is 11.1. The summed E-state index contributed by atoms with van der Waals surface area (Å²) in [5.74, 6) is -0.317. The molecule has 1 aromatic rings. The number of aryl methyl sites for hydroxylation is 1. The molecule has 0 amide bonds. The highest BCUT2D eigenvalue weighted by atomic mass is 35.5. The number of carbonyl (C=O) groups excluding carboxylic acids is 1. The van der Waals surface area contributed by atoms with Crippen LogP contribution in [0, 0.1) is 6.92 Å². The summed E-state index contributed by atoms with van der Waals surface area (Å²) < 4.78 is 4.59. The highest BCUT2D eigenvalue weighted by Crippen LogP contribution is 2.16. The lowest BCUT2D eigenvalue weighted by molar-refractivity contribution is -0.141. The van der Waals surface area contributed by atoms with Crippen molar-refractivity contribution in [2.75, 3.05) is 12.4 Å². The zero-order valence-corrected chi connectivity index (χ0v) is 9.63. The quantitative estimate of drug-likeness (QED) is 0.635. The van der Waals surface area contributed by atoms with Gasteiger partial charge in [0.2, 0.25) is 0 Å². The predicted octanol–water partition coefficient (Wildman–Crippen LogP) is 2.02. The van der Waals surface area contributed by atoms with E-state index >= 15 is 0 Å². The van der Waals surface area contributed by atoms with E-state index in [1.165, 1.54) is 7.11 Å². The second-order valence-corrected chi connectivity index (χ2v) is 3.58. The zero-order valence-electron chi connectivity index (χ0n) is 8.87. The van der Waals surface area contributed by atoms with E-state index in [1.807, 2.05) is 13.0 Å². The van der Waals surface area contributed by atoms with Gasteiger partial charge < -0.3 is 10.1 Å². The molecule has 82 valence electrons. The predicted molar refractivity (Wildman–Crippen MR) is 59.1 cm³/mol. The third-order valence-corrected chi connectivity index (χ3v) is 2.35. The van der Waals surface area contributed by atoms with Crippen LogP contribution in [0.4, 0.5) is 5.69 Å². The first-order valence-corrected chi connectivity index (χ1v) is 4.89. The molecular weight excluding hydrogens is 216 g/mol. The third kappa shape index (κ3) is 3.09. The van der Waals surface area contributed by atoms with Gasteiger partial charge in [0.15, 0.2) is 0 Å². The molecule has 0 bridgehead atoms. The Morgan fingerprint density at radius 3 is 2.87 bits per heavy atom. The summed E-state index contributed by atoms with van der Waals surface area (Å²) in [7, 11) is 1.35. The molecule has 0 fully saturated rings. The number of halogens is 1. The fourth-order valence-electron chi connectivity index (χ4n) is 1.12. The molecule has 1 aromatic heterocycles. The molecule has 0 aliphatic carbocycles. The van der Waals surface area contributed by atoms with E-state index in [9.17, 15) is 4.79 Å². The minimum absolute atomic E-state index is 0.317. The number of nitrogens with zero attached hydrogens (tertiary/aromatic N) is 1. The van der Waals surface area contributed by atoms with Crippen molar-refractivity contribution in [3.8, 4) is 0 Å². The highest BCUT2D eigenvalue weighted by Gasteiger charge is 2.12. The number of methoxy groups -OCH3 is 1. The Labute approximate surface area is 93.6 Å². The molecular formula is C10H13ClN2O2. The van der Waals surface area contributed by atoms with Gasteiger partial charge in [-0.05, 0) is 25.5 Å². The molecule has 1 N–H and O–H groups in total. The van der Waals surface area contributed by atoms with Crippen LogP contribution in [-0.4, -0.2) is 24.1 Å². The lowest BCUT2D eigenvalue weighted by Gasteiger charge is -2.13. The van der Waals surface area contributed by atoms with Crippen molar-refractivity contribution in [3.63, 3.8) is 0 Å². The van der Waals surface area contributed by atoms with E-state index in [4.69, 9.17) is 11.6 Å². The van der Waals surface area contributed by atoms with Gasteiger partial charge in [0, 0.05) is 0 Å². The fourth-order valence-corrected chi connectivity index (χ4v) is 1.23. The van der Waals surface area contributed by atoms with Crippen molar-refractivity contribution in [3.05, 3.63) is 23.0 Å². The summed E-state index contributed by atoms with van der Waals surface area (Å²) in [6.07, 6.45) is 1.58. The molecule has 4 nitrogen and oxygen atoms in total. The Balaban J connectivity index is 2.73. The van der Waals surface area contributed by atoms with Crippen LogP contribution in [0.1, 0.15) is 12.5 Å². The molecule has 0 radical (unpaired) electrons. The summed E-state index contributed by atoms with van der Waals surface area (Å²) in [4.78, 5) is 15.1. The average Bonchev–Trinajstić information content (AvgIpc) is 2.22. The summed E-state index contributed by atoms with van der Waals surface area (Å²) in [6.45, 7) is 3.57. The topological polar surface area (TPSA) is 51.2 Å². The first-order valence-electron chi connectivity index (χ1n) is 4.51. The van der Waals surface area contributed by atoms with E-state index in [1.54, 1.807) is 13.1 Å². The Bertz CT molecular complexity index is 368. The Morgan fingerprint density at radius 1 is 1.67 bits per heavy atom. The number of hydrogen-bond donors (Lipinski definition) is 1. The average molecular weight is 229 g/mol. The molecule has 0 saturated carbocycles. The smallest absolute Gasteiger partial charge is 0.327 e. The second kappa shape index (κ2) is 4.98. The molecule has 0 spiro atoms. The zero-order chi connectivity index (χ0) is 11.4. The Morgan fingerprint density at radius 2 is 2.33 bits per heavy atom. The Kier molecular flexibility index (Phi) is 3.91. The van der Waals surface area contributed by atoms with Crippen LogP contribution in [0.15, 0.2) is 12.3 Å². The maximum Gasteiger partial charge on any atom is 0.327 e. The van der Waals surface area contributed by atoms with Gasteiger partial charge in [-0.15, -0.1) is 0 Å². The lowest BCUT2D eigenvalue weighted by Crippen LogP contribution is -2.27. The van der Waals surface area contributed by atoms with Gasteiger partial charge >= 0.3 is 5.97 Å². The molecule has 1 unspecified atom stereocenters. The van der Waals surface area contributed by atoms with E-state index in [-0.39, 0.29) is 5.97 Å². The standard InChI is InChI=1S/C10H13ClN2O2/c1-6-4-8(5-12-9(6)11)13-7(2)10(14)15-3/h4-5,7,13H,1-3H3. The number of esters is 1. The lowest BCUT2D eigenvalue weighted by atomic mass is 10.2. The van der Waals surface area contributed by atoms with Gasteiger partial charge in [-0.2, -0.15) is 0 Å². The van der Waals surface area contributed by atoms with E-state index in [0.29, 0.717) is 5.15 Å². The monoisotopic (exact) mass is 228 g/mol. The van der Waals surface area contributed by atoms with Crippen LogP contribution in [-0.2, 0) is 9.53 Å². The number of nitrogens with one attached hydrogen (secondary N) is 1. The van der Waals surface area contributed by atoms with Crippen molar-refractivity contribution in [1.29, 1.82) is 0 Å². The third-order valence-electron chi connectivity index (χ3n) is 1.95. The molecule has 15 heavy (non-hydrogen) atoms. The molecule has 5 heteroatoms. The minimum atomic E-state index is -0.405. The molecule has 1 rings (SSSR count). The number of pyridine rings is 1. The van der Waals surface area contributed by atoms with Crippen molar-refractivity contribution in [2.45, 2.75) is 19.9 Å². The summed E-state index contributed by atoms with van der Waals surface area (Å²) in [5.41, 5.74) is 1.61. The van der Waals surface area contributed by atoms with Gasteiger partial charge in [-0.25, -0.2) is 9.78 Å². The summed E-state index contributed by atoms with van der Waals surface area (Å²) in [5, 5.41) is 3.43. The molecule has 0 aliphatic rings. The number of hydrogen-bond acceptors (Lipinski definition) is 4. The Hall–Kier alpha value is -1.29. The maximum atomic E-state index is 11.1. The van der Waals surface area contributed by atoms with Crippen molar-refractivity contribution < 1.29 is 9.53 Å². The van der Waals surface area contributed by atoms with Gasteiger partial charge in [0.25, 0.3) is 0 Å². The second-order valence-electron chi connectivity index (χ2n) is 3.22. The van der Waals surface area contributed by atoms with E-state index < -0.39 is 6.04 Å². The van der Waals surface area contributed by atoms with Crippen LogP contribution >= 0.6 is 11.6 Å². The number of ether oxygens (including phenoxy) is 1. The number of aromatic nitrogens is 1. The first kappa shape index (κ1) is 11.8. The van der Waals surface area contributed by atoms with Crippen molar-refractivity contribution in [2.24, 2.45) is 0 Å². The number of anilines is 1.